The third-order valence-electron chi connectivity index (χ3n) is 5.10. The molecule has 0 unspecified atom stereocenters. The molecule has 0 N–H and O–H groups in total. The van der Waals surface area contributed by atoms with Crippen LogP contribution in [-0.2, 0) is 0 Å². The van der Waals surface area contributed by atoms with E-state index >= 15 is 0 Å². The summed E-state index contributed by atoms with van der Waals surface area (Å²) in [6.45, 7) is 7.99. The third kappa shape index (κ3) is 3.91. The monoisotopic (exact) mass is 417 g/mol. The van der Waals surface area contributed by atoms with Gasteiger partial charge in [-0.3, -0.25) is 0 Å². The molecule has 0 amide bonds. The van der Waals surface area contributed by atoms with Gasteiger partial charge in [-0.2, -0.15) is 0 Å². The van der Waals surface area contributed by atoms with E-state index in [1.54, 1.807) is 6.33 Å². The van der Waals surface area contributed by atoms with Crippen LogP contribution >= 0.6 is 15.9 Å². The maximum absolute atomic E-state index is 4.52. The molecular weight excluding hydrogens is 394 g/mol. The standard InChI is InChI=1S/C18H24BrN7/c1-23-4-6-25(7-5-23)17-12-18(22-14-21-17)26-10-8-24(9-11-26)16-3-2-15(19)13-20-16/h2-3,12-14H,4-11H2,1H3. The van der Waals surface area contributed by atoms with Gasteiger partial charge in [0.15, 0.2) is 0 Å². The number of rotatable bonds is 3. The van der Waals surface area contributed by atoms with E-state index in [9.17, 15) is 0 Å². The molecule has 26 heavy (non-hydrogen) atoms. The second kappa shape index (κ2) is 7.75. The average Bonchev–Trinajstić information content (AvgIpc) is 2.69. The highest BCUT2D eigenvalue weighted by molar-refractivity contribution is 9.10. The Labute approximate surface area is 162 Å². The Bertz CT molecular complexity index is 723. The molecule has 0 saturated carbocycles. The fourth-order valence-electron chi connectivity index (χ4n) is 3.44. The second-order valence-electron chi connectivity index (χ2n) is 6.83. The number of piperazine rings is 2. The Kier molecular flexibility index (Phi) is 5.21. The second-order valence-corrected chi connectivity index (χ2v) is 7.75. The molecule has 0 atom stereocenters. The van der Waals surface area contributed by atoms with Gasteiger partial charge in [0.1, 0.15) is 23.8 Å². The predicted octanol–water partition coefficient (Wildman–Crippen LogP) is 1.71. The van der Waals surface area contributed by atoms with Crippen molar-refractivity contribution in [1.29, 1.82) is 0 Å². The van der Waals surface area contributed by atoms with E-state index in [4.69, 9.17) is 0 Å². The normalized spacial score (nSPS) is 19.1. The Morgan fingerprint density at radius 3 is 1.81 bits per heavy atom. The lowest BCUT2D eigenvalue weighted by molar-refractivity contribution is 0.312. The maximum atomic E-state index is 4.52. The minimum Gasteiger partial charge on any atom is -0.354 e. The lowest BCUT2D eigenvalue weighted by Gasteiger charge is -2.37. The minimum atomic E-state index is 0.941. The van der Waals surface area contributed by atoms with Crippen molar-refractivity contribution in [2.24, 2.45) is 0 Å². The van der Waals surface area contributed by atoms with Crippen LogP contribution in [0.2, 0.25) is 0 Å². The molecule has 4 rings (SSSR count). The van der Waals surface area contributed by atoms with Crippen LogP contribution in [0, 0.1) is 0 Å². The van der Waals surface area contributed by atoms with Crippen LogP contribution in [0.4, 0.5) is 17.5 Å². The molecule has 2 saturated heterocycles. The van der Waals surface area contributed by atoms with Crippen LogP contribution in [-0.4, -0.2) is 79.3 Å². The van der Waals surface area contributed by atoms with E-state index in [1.807, 2.05) is 12.3 Å². The Balaban J connectivity index is 1.40. The zero-order chi connectivity index (χ0) is 17.9. The first-order valence-electron chi connectivity index (χ1n) is 9.06. The van der Waals surface area contributed by atoms with Crippen LogP contribution in [0.3, 0.4) is 0 Å². The quantitative estimate of drug-likeness (QED) is 0.753. The van der Waals surface area contributed by atoms with Crippen LogP contribution in [0.1, 0.15) is 0 Å². The highest BCUT2D eigenvalue weighted by Crippen LogP contribution is 2.22. The van der Waals surface area contributed by atoms with E-state index < -0.39 is 0 Å². The van der Waals surface area contributed by atoms with Gasteiger partial charge in [-0.25, -0.2) is 15.0 Å². The maximum Gasteiger partial charge on any atom is 0.134 e. The van der Waals surface area contributed by atoms with E-state index in [1.165, 1.54) is 0 Å². The molecule has 138 valence electrons. The molecule has 2 aliphatic heterocycles. The van der Waals surface area contributed by atoms with Gasteiger partial charge in [-0.1, -0.05) is 0 Å². The van der Waals surface area contributed by atoms with Crippen molar-refractivity contribution in [3.63, 3.8) is 0 Å². The highest BCUT2D eigenvalue weighted by Gasteiger charge is 2.21. The molecule has 2 fully saturated rings. The first kappa shape index (κ1) is 17.5. The number of halogens is 1. The van der Waals surface area contributed by atoms with Gasteiger partial charge in [0.2, 0.25) is 0 Å². The van der Waals surface area contributed by atoms with Gasteiger partial charge in [0.05, 0.1) is 0 Å². The lowest BCUT2D eigenvalue weighted by Crippen LogP contribution is -2.47. The van der Waals surface area contributed by atoms with Crippen molar-refractivity contribution in [2.45, 2.75) is 0 Å². The predicted molar refractivity (Wildman–Crippen MR) is 108 cm³/mol. The van der Waals surface area contributed by atoms with Crippen LogP contribution in [0.15, 0.2) is 35.2 Å². The molecule has 2 aromatic heterocycles. The summed E-state index contributed by atoms with van der Waals surface area (Å²) in [4.78, 5) is 22.9. The number of hydrogen-bond donors (Lipinski definition) is 0. The molecule has 0 spiro atoms. The molecule has 8 heteroatoms. The van der Waals surface area contributed by atoms with Crippen LogP contribution in [0.5, 0.6) is 0 Å². The minimum absolute atomic E-state index is 0.941. The number of aromatic nitrogens is 3. The van der Waals surface area contributed by atoms with Crippen molar-refractivity contribution >= 4 is 33.4 Å². The SMILES string of the molecule is CN1CCN(c2cc(N3CCN(c4ccc(Br)cn4)CC3)ncn2)CC1. The zero-order valence-electron chi connectivity index (χ0n) is 15.1. The number of anilines is 3. The van der Waals surface area contributed by atoms with Gasteiger partial charge in [-0.15, -0.1) is 0 Å². The van der Waals surface area contributed by atoms with Gasteiger partial charge in [0, 0.05) is 69.1 Å². The fraction of sp³-hybridized carbons (Fsp3) is 0.500. The van der Waals surface area contributed by atoms with Crippen molar-refractivity contribution < 1.29 is 0 Å². The molecule has 2 aromatic rings. The van der Waals surface area contributed by atoms with Crippen molar-refractivity contribution in [2.75, 3.05) is 74.1 Å². The summed E-state index contributed by atoms with van der Waals surface area (Å²) in [7, 11) is 2.17. The number of nitrogens with zero attached hydrogens (tertiary/aromatic N) is 7. The summed E-state index contributed by atoms with van der Waals surface area (Å²) < 4.78 is 1.01. The average molecular weight is 418 g/mol. The molecule has 0 aliphatic carbocycles. The molecule has 0 aromatic carbocycles. The largest absolute Gasteiger partial charge is 0.354 e. The summed E-state index contributed by atoms with van der Waals surface area (Å²) in [6.07, 6.45) is 3.56. The molecule has 7 nitrogen and oxygen atoms in total. The van der Waals surface area contributed by atoms with E-state index in [0.717, 1.165) is 74.3 Å². The van der Waals surface area contributed by atoms with Crippen molar-refractivity contribution in [1.82, 2.24) is 19.9 Å². The summed E-state index contributed by atoms with van der Waals surface area (Å²) >= 11 is 3.44. The van der Waals surface area contributed by atoms with Crippen molar-refractivity contribution in [3.8, 4) is 0 Å². The summed E-state index contributed by atoms with van der Waals surface area (Å²) in [5, 5.41) is 0. The molecular formula is C18H24BrN7. The first-order chi connectivity index (χ1) is 12.7. The summed E-state index contributed by atoms with van der Waals surface area (Å²) in [5.74, 6) is 3.10. The van der Waals surface area contributed by atoms with E-state index in [2.05, 4.69) is 69.7 Å². The topological polar surface area (TPSA) is 51.6 Å². The third-order valence-corrected chi connectivity index (χ3v) is 5.57. The number of likely N-dealkylation sites (N-methyl/N-ethyl adjacent to an activating group) is 1. The summed E-state index contributed by atoms with van der Waals surface area (Å²) in [6, 6.07) is 6.25. The van der Waals surface area contributed by atoms with Crippen LogP contribution < -0.4 is 14.7 Å². The van der Waals surface area contributed by atoms with Crippen LogP contribution in [0.25, 0.3) is 0 Å². The molecule has 0 bridgehead atoms. The van der Waals surface area contributed by atoms with E-state index in [-0.39, 0.29) is 0 Å². The van der Waals surface area contributed by atoms with Gasteiger partial charge in [0.25, 0.3) is 0 Å². The Morgan fingerprint density at radius 2 is 1.27 bits per heavy atom. The van der Waals surface area contributed by atoms with Crippen molar-refractivity contribution in [3.05, 3.63) is 35.2 Å². The summed E-state index contributed by atoms with van der Waals surface area (Å²) in [5.41, 5.74) is 0. The molecule has 2 aliphatic rings. The Hall–Kier alpha value is -1.93. The highest BCUT2D eigenvalue weighted by atomic mass is 79.9. The van der Waals surface area contributed by atoms with Gasteiger partial charge in [-0.05, 0) is 35.1 Å². The van der Waals surface area contributed by atoms with E-state index in [0.29, 0.717) is 0 Å². The molecule has 4 heterocycles. The number of hydrogen-bond acceptors (Lipinski definition) is 7. The lowest BCUT2D eigenvalue weighted by atomic mass is 10.3. The van der Waals surface area contributed by atoms with Gasteiger partial charge < -0.3 is 19.6 Å². The smallest absolute Gasteiger partial charge is 0.134 e. The first-order valence-corrected chi connectivity index (χ1v) is 9.85. The fourth-order valence-corrected chi connectivity index (χ4v) is 3.67. The number of pyridine rings is 1. The molecule has 0 radical (unpaired) electrons. The Morgan fingerprint density at radius 1 is 0.731 bits per heavy atom. The zero-order valence-corrected chi connectivity index (χ0v) is 16.6. The van der Waals surface area contributed by atoms with Gasteiger partial charge >= 0.3 is 0 Å².